The molecule has 5 nitrogen and oxygen atoms in total. The summed E-state index contributed by atoms with van der Waals surface area (Å²) in [6.45, 7) is 7.13. The number of para-hydroxylation sites is 1. The summed E-state index contributed by atoms with van der Waals surface area (Å²) in [7, 11) is -3.50. The van der Waals surface area contributed by atoms with Gasteiger partial charge in [0.2, 0.25) is 0 Å². The van der Waals surface area contributed by atoms with E-state index in [9.17, 15) is 8.42 Å². The molecule has 118 valence electrons. The van der Waals surface area contributed by atoms with E-state index in [0.717, 1.165) is 30.6 Å². The second-order valence-electron chi connectivity index (χ2n) is 5.66. The molecule has 1 unspecified atom stereocenters. The fourth-order valence-corrected chi connectivity index (χ4v) is 4.31. The van der Waals surface area contributed by atoms with Crippen LogP contribution in [-0.2, 0) is 10.2 Å². The van der Waals surface area contributed by atoms with Gasteiger partial charge in [0.25, 0.3) is 0 Å². The van der Waals surface area contributed by atoms with E-state index in [0.29, 0.717) is 6.54 Å². The summed E-state index contributed by atoms with van der Waals surface area (Å²) >= 11 is 0. The van der Waals surface area contributed by atoms with E-state index < -0.39 is 10.2 Å². The van der Waals surface area contributed by atoms with E-state index >= 15 is 0 Å². The molecule has 21 heavy (non-hydrogen) atoms. The highest BCUT2D eigenvalue weighted by Crippen LogP contribution is 2.33. The van der Waals surface area contributed by atoms with Gasteiger partial charge in [0.1, 0.15) is 0 Å². The first kappa shape index (κ1) is 16.3. The molecule has 0 saturated carbocycles. The average molecular weight is 311 g/mol. The zero-order chi connectivity index (χ0) is 15.5. The number of benzene rings is 1. The minimum Gasteiger partial charge on any atom is -0.310 e. The van der Waals surface area contributed by atoms with Crippen LogP contribution in [0.4, 0.5) is 5.69 Å². The third kappa shape index (κ3) is 3.75. The van der Waals surface area contributed by atoms with Crippen molar-refractivity contribution in [3.63, 3.8) is 0 Å². The Kier molecular flexibility index (Phi) is 5.24. The SMILES string of the molecule is CCNC1CCCN(S(=O)(=O)NC(C)C)c2ccccc21. The van der Waals surface area contributed by atoms with E-state index in [-0.39, 0.29) is 12.1 Å². The first-order valence-corrected chi connectivity index (χ1v) is 9.02. The maximum atomic E-state index is 12.6. The number of nitrogens with one attached hydrogen (secondary N) is 2. The maximum Gasteiger partial charge on any atom is 0.301 e. The molecule has 0 saturated heterocycles. The molecule has 1 aromatic rings. The van der Waals surface area contributed by atoms with Gasteiger partial charge in [-0.15, -0.1) is 0 Å². The largest absolute Gasteiger partial charge is 0.310 e. The van der Waals surface area contributed by atoms with E-state index in [1.54, 1.807) is 0 Å². The molecule has 1 aliphatic heterocycles. The molecule has 0 bridgehead atoms. The Bertz CT molecular complexity index is 572. The lowest BCUT2D eigenvalue weighted by molar-refractivity contribution is 0.511. The molecule has 0 radical (unpaired) electrons. The molecule has 2 N–H and O–H groups in total. The third-order valence-electron chi connectivity index (χ3n) is 3.56. The van der Waals surface area contributed by atoms with Crippen LogP contribution >= 0.6 is 0 Å². The molecule has 6 heteroatoms. The topological polar surface area (TPSA) is 61.4 Å². The van der Waals surface area contributed by atoms with Gasteiger partial charge >= 0.3 is 10.2 Å². The fourth-order valence-electron chi connectivity index (χ4n) is 2.79. The van der Waals surface area contributed by atoms with Crippen molar-refractivity contribution in [1.29, 1.82) is 0 Å². The Morgan fingerprint density at radius 3 is 2.71 bits per heavy atom. The van der Waals surface area contributed by atoms with Crippen LogP contribution in [0.1, 0.15) is 45.2 Å². The zero-order valence-electron chi connectivity index (χ0n) is 13.0. The molecule has 0 fully saturated rings. The van der Waals surface area contributed by atoms with Gasteiger partial charge in [0.15, 0.2) is 0 Å². The molecule has 0 aromatic heterocycles. The normalized spacial score (nSPS) is 19.4. The minimum atomic E-state index is -3.50. The zero-order valence-corrected chi connectivity index (χ0v) is 13.8. The molecule has 1 aliphatic rings. The molecular weight excluding hydrogens is 286 g/mol. The van der Waals surface area contributed by atoms with Gasteiger partial charge in [0.05, 0.1) is 5.69 Å². The van der Waals surface area contributed by atoms with Crippen molar-refractivity contribution in [2.24, 2.45) is 0 Å². The number of anilines is 1. The van der Waals surface area contributed by atoms with E-state index in [1.165, 1.54) is 4.31 Å². The van der Waals surface area contributed by atoms with Gasteiger partial charge in [-0.1, -0.05) is 25.1 Å². The number of fused-ring (bicyclic) bond motifs is 1. The molecule has 2 rings (SSSR count). The van der Waals surface area contributed by atoms with Crippen molar-refractivity contribution in [3.05, 3.63) is 29.8 Å². The van der Waals surface area contributed by atoms with Gasteiger partial charge in [-0.3, -0.25) is 4.31 Å². The standard InChI is InChI=1S/C15H25N3O2S/c1-4-16-14-9-7-11-18(21(19,20)17-12(2)3)15-10-6-5-8-13(14)15/h5-6,8,10,12,14,16-17H,4,7,9,11H2,1-3H3. The van der Waals surface area contributed by atoms with Crippen LogP contribution < -0.4 is 14.3 Å². The number of hydrogen-bond acceptors (Lipinski definition) is 3. The first-order valence-electron chi connectivity index (χ1n) is 7.58. The Morgan fingerprint density at radius 1 is 1.33 bits per heavy atom. The van der Waals surface area contributed by atoms with Crippen molar-refractivity contribution in [1.82, 2.24) is 10.0 Å². The summed E-state index contributed by atoms with van der Waals surface area (Å²) in [5.41, 5.74) is 1.85. The summed E-state index contributed by atoms with van der Waals surface area (Å²) in [5.74, 6) is 0. The maximum absolute atomic E-state index is 12.6. The average Bonchev–Trinajstić information content (AvgIpc) is 2.58. The van der Waals surface area contributed by atoms with Gasteiger partial charge in [-0.05, 0) is 44.9 Å². The van der Waals surface area contributed by atoms with Crippen LogP contribution in [0.5, 0.6) is 0 Å². The van der Waals surface area contributed by atoms with Crippen LogP contribution in [0.15, 0.2) is 24.3 Å². The van der Waals surface area contributed by atoms with Gasteiger partial charge in [-0.2, -0.15) is 13.1 Å². The van der Waals surface area contributed by atoms with Crippen molar-refractivity contribution in [2.45, 2.75) is 45.7 Å². The second-order valence-corrected chi connectivity index (χ2v) is 7.29. The predicted octanol–water partition coefficient (Wildman–Crippen LogP) is 2.18. The molecular formula is C15H25N3O2S. The summed E-state index contributed by atoms with van der Waals surface area (Å²) in [4.78, 5) is 0. The van der Waals surface area contributed by atoms with E-state index in [2.05, 4.69) is 17.0 Å². The van der Waals surface area contributed by atoms with Crippen molar-refractivity contribution >= 4 is 15.9 Å². The number of rotatable bonds is 5. The molecule has 0 spiro atoms. The van der Waals surface area contributed by atoms with Gasteiger partial charge < -0.3 is 5.32 Å². The Morgan fingerprint density at radius 2 is 2.05 bits per heavy atom. The minimum absolute atomic E-state index is 0.116. The van der Waals surface area contributed by atoms with E-state index in [4.69, 9.17) is 0 Å². The molecule has 1 atom stereocenters. The van der Waals surface area contributed by atoms with Crippen LogP contribution in [0.3, 0.4) is 0 Å². The van der Waals surface area contributed by atoms with Gasteiger partial charge in [0, 0.05) is 18.6 Å². The van der Waals surface area contributed by atoms with Crippen molar-refractivity contribution in [3.8, 4) is 0 Å². The summed E-state index contributed by atoms with van der Waals surface area (Å²) < 4.78 is 29.3. The molecule has 1 heterocycles. The van der Waals surface area contributed by atoms with Crippen LogP contribution in [0.2, 0.25) is 0 Å². The highest BCUT2D eigenvalue weighted by atomic mass is 32.2. The van der Waals surface area contributed by atoms with Crippen LogP contribution in [0, 0.1) is 0 Å². The lowest BCUT2D eigenvalue weighted by Crippen LogP contribution is -2.44. The van der Waals surface area contributed by atoms with Gasteiger partial charge in [-0.25, -0.2) is 0 Å². The Hall–Kier alpha value is -1.11. The lowest BCUT2D eigenvalue weighted by atomic mass is 10.0. The van der Waals surface area contributed by atoms with Crippen molar-refractivity contribution < 1.29 is 8.42 Å². The third-order valence-corrected chi connectivity index (χ3v) is 5.29. The summed E-state index contributed by atoms with van der Waals surface area (Å²) in [6, 6.07) is 7.87. The highest BCUT2D eigenvalue weighted by Gasteiger charge is 2.29. The molecule has 0 amide bonds. The van der Waals surface area contributed by atoms with E-state index in [1.807, 2.05) is 38.1 Å². The fraction of sp³-hybridized carbons (Fsp3) is 0.600. The van der Waals surface area contributed by atoms with Crippen molar-refractivity contribution in [2.75, 3.05) is 17.4 Å². The molecule has 0 aliphatic carbocycles. The smallest absolute Gasteiger partial charge is 0.301 e. The summed E-state index contributed by atoms with van der Waals surface area (Å²) in [6.07, 6.45) is 1.78. The quantitative estimate of drug-likeness (QED) is 0.876. The Labute approximate surface area is 127 Å². The molecule has 1 aromatic carbocycles. The number of hydrogen-bond donors (Lipinski definition) is 2. The van der Waals surface area contributed by atoms with Crippen LogP contribution in [0.25, 0.3) is 0 Å². The predicted molar refractivity (Wildman–Crippen MR) is 86.6 cm³/mol. The Balaban J connectivity index is 2.42. The first-order chi connectivity index (χ1) is 9.95. The summed E-state index contributed by atoms with van der Waals surface area (Å²) in [5, 5.41) is 3.45. The monoisotopic (exact) mass is 311 g/mol. The van der Waals surface area contributed by atoms with Crippen LogP contribution in [-0.4, -0.2) is 27.5 Å². The lowest BCUT2D eigenvalue weighted by Gasteiger charge is -2.26. The second kappa shape index (κ2) is 6.77. The number of nitrogens with zero attached hydrogens (tertiary/aromatic N) is 1. The highest BCUT2D eigenvalue weighted by molar-refractivity contribution is 7.90.